The number of hydrogen-bond donors (Lipinski definition) is 2. The molecule has 1 atom stereocenters. The molecule has 0 aliphatic carbocycles. The number of nitrogens with one attached hydrogen (secondary N) is 1. The number of anilines is 1. The first kappa shape index (κ1) is 14.8. The van der Waals surface area contributed by atoms with E-state index in [0.29, 0.717) is 11.3 Å². The van der Waals surface area contributed by atoms with Gasteiger partial charge in [0.1, 0.15) is 6.61 Å². The van der Waals surface area contributed by atoms with Crippen LogP contribution in [0.2, 0.25) is 0 Å². The Morgan fingerprint density at radius 2 is 2.21 bits per heavy atom. The van der Waals surface area contributed by atoms with Crippen LogP contribution in [-0.2, 0) is 9.53 Å². The van der Waals surface area contributed by atoms with Crippen molar-refractivity contribution in [3.8, 4) is 0 Å². The number of hydrogen-bond acceptors (Lipinski definition) is 3. The summed E-state index contributed by atoms with van der Waals surface area (Å²) in [6.07, 6.45) is 0.909. The highest BCUT2D eigenvalue weighted by Gasteiger charge is 2.15. The third-order valence-corrected chi connectivity index (χ3v) is 2.69. The fourth-order valence-corrected chi connectivity index (χ4v) is 1.52. The number of carbonyl (C=O) groups excluding carboxylic acids is 1. The van der Waals surface area contributed by atoms with Crippen molar-refractivity contribution in [2.75, 3.05) is 11.9 Å². The van der Waals surface area contributed by atoms with Gasteiger partial charge in [-0.15, -0.1) is 0 Å². The summed E-state index contributed by atoms with van der Waals surface area (Å²) in [6, 6.07) is 5.08. The second-order valence-electron chi connectivity index (χ2n) is 4.15. The van der Waals surface area contributed by atoms with Crippen LogP contribution in [0.15, 0.2) is 30.9 Å². The summed E-state index contributed by atoms with van der Waals surface area (Å²) in [6.45, 7) is 6.99. The maximum atomic E-state index is 11.4. The number of carboxylic acids is 1. The van der Waals surface area contributed by atoms with Gasteiger partial charge in [0.25, 0.3) is 0 Å². The molecule has 2 N–H and O–H groups in total. The number of benzene rings is 1. The molecule has 0 heterocycles. The molecule has 0 aromatic heterocycles. The smallest absolute Gasteiger partial charge is 0.411 e. The van der Waals surface area contributed by atoms with Crippen molar-refractivity contribution in [2.45, 2.75) is 19.8 Å². The highest BCUT2D eigenvalue weighted by Crippen LogP contribution is 2.22. The molecule has 0 aliphatic heterocycles. The summed E-state index contributed by atoms with van der Waals surface area (Å²) in [5, 5.41) is 11.5. The molecule has 1 unspecified atom stereocenters. The zero-order chi connectivity index (χ0) is 14.4. The number of aliphatic carboxylic acids is 1. The van der Waals surface area contributed by atoms with Gasteiger partial charge in [-0.3, -0.25) is 10.1 Å². The minimum atomic E-state index is -0.884. The Morgan fingerprint density at radius 1 is 1.53 bits per heavy atom. The van der Waals surface area contributed by atoms with Gasteiger partial charge in [-0.25, -0.2) is 4.79 Å². The van der Waals surface area contributed by atoms with Crippen molar-refractivity contribution in [1.29, 1.82) is 0 Å². The van der Waals surface area contributed by atoms with Gasteiger partial charge < -0.3 is 9.84 Å². The molecule has 0 radical (unpaired) electrons. The first-order valence-electron chi connectivity index (χ1n) is 5.83. The van der Waals surface area contributed by atoms with E-state index in [1.165, 1.54) is 6.08 Å². The lowest BCUT2D eigenvalue weighted by Crippen LogP contribution is -2.15. The predicted octanol–water partition coefficient (Wildman–Crippen LogP) is 2.92. The average Bonchev–Trinajstić information content (AvgIpc) is 2.37. The number of aryl methyl sites for hydroxylation is 1. The van der Waals surface area contributed by atoms with E-state index in [0.717, 1.165) is 5.56 Å². The molecule has 102 valence electrons. The largest absolute Gasteiger partial charge is 0.481 e. The van der Waals surface area contributed by atoms with E-state index in [4.69, 9.17) is 9.84 Å². The van der Waals surface area contributed by atoms with Crippen LogP contribution >= 0.6 is 0 Å². The molecule has 19 heavy (non-hydrogen) atoms. The fraction of sp³-hybridized carbons (Fsp3) is 0.286. The molecule has 1 amide bonds. The number of rotatable bonds is 5. The van der Waals surface area contributed by atoms with Gasteiger partial charge in [0.2, 0.25) is 0 Å². The summed E-state index contributed by atoms with van der Waals surface area (Å²) in [4.78, 5) is 22.3. The normalized spacial score (nSPS) is 11.5. The van der Waals surface area contributed by atoms with E-state index in [-0.39, 0.29) is 6.61 Å². The fourth-order valence-electron chi connectivity index (χ4n) is 1.52. The second-order valence-corrected chi connectivity index (χ2v) is 4.15. The maximum absolute atomic E-state index is 11.4. The Hall–Kier alpha value is -2.30. The zero-order valence-corrected chi connectivity index (χ0v) is 11.0. The summed E-state index contributed by atoms with van der Waals surface area (Å²) >= 11 is 0. The van der Waals surface area contributed by atoms with Crippen molar-refractivity contribution in [1.82, 2.24) is 0 Å². The molecule has 1 aromatic rings. The molecule has 0 fully saturated rings. The van der Waals surface area contributed by atoms with Crippen LogP contribution in [-0.4, -0.2) is 23.8 Å². The van der Waals surface area contributed by atoms with Gasteiger partial charge in [0.15, 0.2) is 0 Å². The highest BCUT2D eigenvalue weighted by atomic mass is 16.5. The molecule has 1 aromatic carbocycles. The predicted molar refractivity (Wildman–Crippen MR) is 72.4 cm³/mol. The number of carboxylic acid groups (broad SMARTS) is 1. The standard InChI is InChI=1S/C14H17NO4/c1-4-7-19-14(18)15-12-6-5-11(8-9(12)2)10(3)13(16)17/h4-6,8,10H,1,7H2,2-3H3,(H,15,18)(H,16,17). The Labute approximate surface area is 111 Å². The molecule has 0 spiro atoms. The summed E-state index contributed by atoms with van der Waals surface area (Å²) in [7, 11) is 0. The van der Waals surface area contributed by atoms with E-state index in [2.05, 4.69) is 11.9 Å². The minimum Gasteiger partial charge on any atom is -0.481 e. The monoisotopic (exact) mass is 263 g/mol. The first-order valence-corrected chi connectivity index (χ1v) is 5.83. The van der Waals surface area contributed by atoms with E-state index in [1.807, 2.05) is 0 Å². The Kier molecular flexibility index (Phi) is 5.11. The third-order valence-electron chi connectivity index (χ3n) is 2.69. The van der Waals surface area contributed by atoms with Gasteiger partial charge in [0.05, 0.1) is 5.92 Å². The van der Waals surface area contributed by atoms with Crippen LogP contribution in [0.5, 0.6) is 0 Å². The van der Waals surface area contributed by atoms with Crippen LogP contribution in [0.3, 0.4) is 0 Å². The van der Waals surface area contributed by atoms with Crippen LogP contribution < -0.4 is 5.32 Å². The topological polar surface area (TPSA) is 75.6 Å². The van der Waals surface area contributed by atoms with Crippen LogP contribution in [0, 0.1) is 6.92 Å². The molecule has 0 bridgehead atoms. The van der Waals surface area contributed by atoms with Crippen LogP contribution in [0.1, 0.15) is 24.0 Å². The SMILES string of the molecule is C=CCOC(=O)Nc1ccc(C(C)C(=O)O)cc1C. The van der Waals surface area contributed by atoms with Crippen molar-refractivity contribution >= 4 is 17.7 Å². The number of ether oxygens (including phenoxy) is 1. The van der Waals surface area contributed by atoms with E-state index in [9.17, 15) is 9.59 Å². The summed E-state index contributed by atoms with van der Waals surface area (Å²) < 4.78 is 4.80. The third kappa shape index (κ3) is 4.13. The molecule has 5 nitrogen and oxygen atoms in total. The van der Waals surface area contributed by atoms with E-state index < -0.39 is 18.0 Å². The quantitative estimate of drug-likeness (QED) is 0.801. The van der Waals surface area contributed by atoms with E-state index in [1.54, 1.807) is 32.0 Å². The Morgan fingerprint density at radius 3 is 2.74 bits per heavy atom. The van der Waals surface area contributed by atoms with Crippen LogP contribution in [0.25, 0.3) is 0 Å². The molecule has 0 saturated heterocycles. The Balaban J connectivity index is 2.80. The second kappa shape index (κ2) is 6.58. The van der Waals surface area contributed by atoms with E-state index >= 15 is 0 Å². The van der Waals surface area contributed by atoms with Gasteiger partial charge >= 0.3 is 12.1 Å². The number of carbonyl (C=O) groups is 2. The molecular formula is C14H17NO4. The maximum Gasteiger partial charge on any atom is 0.411 e. The van der Waals surface area contributed by atoms with Crippen molar-refractivity contribution < 1.29 is 19.4 Å². The van der Waals surface area contributed by atoms with Crippen LogP contribution in [0.4, 0.5) is 10.5 Å². The highest BCUT2D eigenvalue weighted by molar-refractivity contribution is 5.86. The molecular weight excluding hydrogens is 246 g/mol. The Bertz CT molecular complexity index is 496. The van der Waals surface area contributed by atoms with Gasteiger partial charge in [0, 0.05) is 5.69 Å². The van der Waals surface area contributed by atoms with Crippen molar-refractivity contribution in [2.24, 2.45) is 0 Å². The summed E-state index contributed by atoms with van der Waals surface area (Å²) in [5.41, 5.74) is 2.06. The number of amides is 1. The molecule has 0 saturated carbocycles. The lowest BCUT2D eigenvalue weighted by molar-refractivity contribution is -0.138. The first-order chi connectivity index (χ1) is 8.95. The lowest BCUT2D eigenvalue weighted by Gasteiger charge is -2.12. The summed E-state index contributed by atoms with van der Waals surface area (Å²) in [5.74, 6) is -1.47. The molecule has 0 aliphatic rings. The van der Waals surface area contributed by atoms with Crippen molar-refractivity contribution in [3.05, 3.63) is 42.0 Å². The van der Waals surface area contributed by atoms with Gasteiger partial charge in [-0.1, -0.05) is 24.8 Å². The van der Waals surface area contributed by atoms with Crippen molar-refractivity contribution in [3.63, 3.8) is 0 Å². The average molecular weight is 263 g/mol. The van der Waals surface area contributed by atoms with Gasteiger partial charge in [-0.05, 0) is 31.0 Å². The minimum absolute atomic E-state index is 0.138. The van der Waals surface area contributed by atoms with Gasteiger partial charge in [-0.2, -0.15) is 0 Å². The molecule has 5 heteroatoms. The lowest BCUT2D eigenvalue weighted by atomic mass is 9.99. The molecule has 1 rings (SSSR count). The zero-order valence-electron chi connectivity index (χ0n) is 11.0.